The van der Waals surface area contributed by atoms with E-state index < -0.39 is 0 Å². The molecule has 0 aliphatic carbocycles. The molecule has 0 heterocycles. The van der Waals surface area contributed by atoms with Crippen LogP contribution in [-0.4, -0.2) is 12.6 Å². The van der Waals surface area contributed by atoms with Gasteiger partial charge in [-0.15, -0.1) is 0 Å². The Hall–Kier alpha value is -0.860. The van der Waals surface area contributed by atoms with Crippen LogP contribution < -0.4 is 5.73 Å². The summed E-state index contributed by atoms with van der Waals surface area (Å²) in [5, 5.41) is 0. The number of nitrogens with two attached hydrogens (primary N) is 1. The molecule has 15 heavy (non-hydrogen) atoms. The summed E-state index contributed by atoms with van der Waals surface area (Å²) in [6.45, 7) is 4.94. The lowest BCUT2D eigenvalue weighted by molar-refractivity contribution is 0.0366. The summed E-state index contributed by atoms with van der Waals surface area (Å²) in [6.07, 6.45) is 2.27. The van der Waals surface area contributed by atoms with Crippen molar-refractivity contribution < 1.29 is 4.74 Å². The second-order valence-electron chi connectivity index (χ2n) is 3.91. The zero-order valence-electron chi connectivity index (χ0n) is 9.65. The molecule has 84 valence electrons. The summed E-state index contributed by atoms with van der Waals surface area (Å²) >= 11 is 0. The monoisotopic (exact) mass is 207 g/mol. The average Bonchev–Trinajstić information content (AvgIpc) is 2.25. The van der Waals surface area contributed by atoms with Crippen LogP contribution in [0.4, 0.5) is 0 Å². The molecule has 2 N–H and O–H groups in total. The third-order valence-electron chi connectivity index (χ3n) is 2.40. The average molecular weight is 207 g/mol. The van der Waals surface area contributed by atoms with Gasteiger partial charge in [-0.1, -0.05) is 43.7 Å². The molecule has 2 unspecified atom stereocenters. The highest BCUT2D eigenvalue weighted by Crippen LogP contribution is 2.20. The van der Waals surface area contributed by atoms with Gasteiger partial charge in [0.1, 0.15) is 0 Å². The maximum Gasteiger partial charge on any atom is 0.0972 e. The summed E-state index contributed by atoms with van der Waals surface area (Å²) in [5.41, 5.74) is 7.10. The topological polar surface area (TPSA) is 35.2 Å². The Labute approximate surface area is 92.4 Å². The molecule has 0 aromatic heterocycles. The van der Waals surface area contributed by atoms with Gasteiger partial charge in [-0.2, -0.15) is 0 Å². The molecule has 1 rings (SSSR count). The van der Waals surface area contributed by atoms with Gasteiger partial charge in [-0.3, -0.25) is 0 Å². The number of rotatable bonds is 6. The Morgan fingerprint density at radius 3 is 2.47 bits per heavy atom. The van der Waals surface area contributed by atoms with Gasteiger partial charge in [0.15, 0.2) is 0 Å². The molecule has 2 heteroatoms. The van der Waals surface area contributed by atoms with Crippen molar-refractivity contribution in [3.05, 3.63) is 35.9 Å². The largest absolute Gasteiger partial charge is 0.372 e. The molecule has 2 nitrogen and oxygen atoms in total. The third kappa shape index (κ3) is 4.02. The van der Waals surface area contributed by atoms with E-state index in [1.54, 1.807) is 0 Å². The molecule has 1 aromatic rings. The van der Waals surface area contributed by atoms with Crippen LogP contribution >= 0.6 is 0 Å². The number of hydrogen-bond donors (Lipinski definition) is 1. The van der Waals surface area contributed by atoms with Crippen molar-refractivity contribution in [3.63, 3.8) is 0 Å². The molecule has 0 radical (unpaired) electrons. The van der Waals surface area contributed by atoms with E-state index >= 15 is 0 Å². The smallest absolute Gasteiger partial charge is 0.0972 e. The lowest BCUT2D eigenvalue weighted by Crippen LogP contribution is -2.27. The molecule has 0 bridgehead atoms. The zero-order valence-corrected chi connectivity index (χ0v) is 9.65. The highest BCUT2D eigenvalue weighted by atomic mass is 16.5. The number of ether oxygens (including phenoxy) is 1. The van der Waals surface area contributed by atoms with Crippen molar-refractivity contribution in [2.75, 3.05) is 6.61 Å². The first kappa shape index (κ1) is 12.2. The van der Waals surface area contributed by atoms with Crippen LogP contribution in [0.15, 0.2) is 30.3 Å². The van der Waals surface area contributed by atoms with Crippen LogP contribution in [0.2, 0.25) is 0 Å². The lowest BCUT2D eigenvalue weighted by Gasteiger charge is -2.21. The molecule has 0 saturated heterocycles. The predicted molar refractivity (Wildman–Crippen MR) is 63.7 cm³/mol. The van der Waals surface area contributed by atoms with Crippen LogP contribution in [0.3, 0.4) is 0 Å². The molecule has 2 atom stereocenters. The highest BCUT2D eigenvalue weighted by molar-refractivity contribution is 5.18. The van der Waals surface area contributed by atoms with Crippen LogP contribution in [-0.2, 0) is 4.74 Å². The van der Waals surface area contributed by atoms with E-state index in [1.807, 2.05) is 25.1 Å². The van der Waals surface area contributed by atoms with Crippen LogP contribution in [0, 0.1) is 0 Å². The van der Waals surface area contributed by atoms with Crippen molar-refractivity contribution in [2.24, 2.45) is 5.73 Å². The molecule has 0 fully saturated rings. The first-order chi connectivity index (χ1) is 7.25. The molecule has 0 saturated carbocycles. The minimum absolute atomic E-state index is 0.0257. The van der Waals surface area contributed by atoms with Crippen molar-refractivity contribution >= 4 is 0 Å². The van der Waals surface area contributed by atoms with Gasteiger partial charge in [-0.05, 0) is 18.9 Å². The lowest BCUT2D eigenvalue weighted by atomic mass is 10.0. The van der Waals surface area contributed by atoms with E-state index in [1.165, 1.54) is 5.56 Å². The summed E-state index contributed by atoms with van der Waals surface area (Å²) in [7, 11) is 0. The number of hydrogen-bond acceptors (Lipinski definition) is 2. The summed E-state index contributed by atoms with van der Waals surface area (Å²) in [6, 6.07) is 10.2. The minimum atomic E-state index is 0.0257. The SMILES string of the molecule is CCCCOC(c1ccccc1)C(C)N. The van der Waals surface area contributed by atoms with Gasteiger partial charge in [0.05, 0.1) is 6.10 Å². The van der Waals surface area contributed by atoms with Gasteiger partial charge in [0.25, 0.3) is 0 Å². The minimum Gasteiger partial charge on any atom is -0.372 e. The standard InChI is InChI=1S/C13H21NO/c1-3-4-10-15-13(11(2)14)12-8-6-5-7-9-12/h5-9,11,13H,3-4,10,14H2,1-2H3. The molecule has 1 aromatic carbocycles. The summed E-state index contributed by atoms with van der Waals surface area (Å²) < 4.78 is 5.80. The normalized spacial score (nSPS) is 14.9. The molecule has 0 aliphatic heterocycles. The van der Waals surface area contributed by atoms with E-state index in [-0.39, 0.29) is 12.1 Å². The molecule has 0 spiro atoms. The van der Waals surface area contributed by atoms with E-state index in [0.717, 1.165) is 19.4 Å². The van der Waals surface area contributed by atoms with Crippen LogP contribution in [0.5, 0.6) is 0 Å². The van der Waals surface area contributed by atoms with Crippen LogP contribution in [0.1, 0.15) is 38.4 Å². The van der Waals surface area contributed by atoms with Crippen LogP contribution in [0.25, 0.3) is 0 Å². The second-order valence-corrected chi connectivity index (χ2v) is 3.91. The highest BCUT2D eigenvalue weighted by Gasteiger charge is 2.15. The third-order valence-corrected chi connectivity index (χ3v) is 2.40. The fourth-order valence-electron chi connectivity index (χ4n) is 1.55. The summed E-state index contributed by atoms with van der Waals surface area (Å²) in [4.78, 5) is 0. The molecule has 0 aliphatic rings. The van der Waals surface area contributed by atoms with Gasteiger partial charge >= 0.3 is 0 Å². The van der Waals surface area contributed by atoms with Gasteiger partial charge in [0, 0.05) is 12.6 Å². The molecular formula is C13H21NO. The Morgan fingerprint density at radius 1 is 1.27 bits per heavy atom. The zero-order chi connectivity index (χ0) is 11.1. The van der Waals surface area contributed by atoms with E-state index in [4.69, 9.17) is 10.5 Å². The Balaban J connectivity index is 2.58. The Kier molecular flexibility index (Phi) is 5.37. The maximum absolute atomic E-state index is 5.93. The van der Waals surface area contributed by atoms with E-state index in [2.05, 4.69) is 19.1 Å². The first-order valence-electron chi connectivity index (χ1n) is 5.67. The number of benzene rings is 1. The first-order valence-corrected chi connectivity index (χ1v) is 5.67. The van der Waals surface area contributed by atoms with Gasteiger partial charge in [0.2, 0.25) is 0 Å². The molecular weight excluding hydrogens is 186 g/mol. The van der Waals surface area contributed by atoms with Crippen molar-refractivity contribution in [1.29, 1.82) is 0 Å². The van der Waals surface area contributed by atoms with Gasteiger partial charge < -0.3 is 10.5 Å². The fourth-order valence-corrected chi connectivity index (χ4v) is 1.55. The summed E-state index contributed by atoms with van der Waals surface area (Å²) in [5.74, 6) is 0. The predicted octanol–water partition coefficient (Wildman–Crippen LogP) is 2.89. The second kappa shape index (κ2) is 6.59. The van der Waals surface area contributed by atoms with Crippen molar-refractivity contribution in [3.8, 4) is 0 Å². The quantitative estimate of drug-likeness (QED) is 0.728. The Bertz CT molecular complexity index is 258. The maximum atomic E-state index is 5.93. The van der Waals surface area contributed by atoms with E-state index in [9.17, 15) is 0 Å². The fraction of sp³-hybridized carbons (Fsp3) is 0.538. The van der Waals surface area contributed by atoms with Crippen molar-refractivity contribution in [1.82, 2.24) is 0 Å². The van der Waals surface area contributed by atoms with Crippen molar-refractivity contribution in [2.45, 2.75) is 38.8 Å². The molecule has 0 amide bonds. The number of unbranched alkanes of at least 4 members (excludes halogenated alkanes) is 1. The van der Waals surface area contributed by atoms with E-state index in [0.29, 0.717) is 0 Å². The Morgan fingerprint density at radius 2 is 1.93 bits per heavy atom. The van der Waals surface area contributed by atoms with Gasteiger partial charge in [-0.25, -0.2) is 0 Å².